The van der Waals surface area contributed by atoms with Gasteiger partial charge in [-0.15, -0.1) is 0 Å². The van der Waals surface area contributed by atoms with Gasteiger partial charge in [0.15, 0.2) is 0 Å². The Hall–Kier alpha value is -1.28. The third kappa shape index (κ3) is 3.14. The molecular formula is C15H21ClN2. The molecule has 1 aromatic carbocycles. The molecule has 2 aromatic rings. The molecule has 1 aromatic heterocycles. The summed E-state index contributed by atoms with van der Waals surface area (Å²) in [7, 11) is 0. The van der Waals surface area contributed by atoms with E-state index in [4.69, 9.17) is 0 Å². The fraction of sp³-hybridized carbons (Fsp3) is 0.400. The van der Waals surface area contributed by atoms with Gasteiger partial charge < -0.3 is 12.4 Å². The van der Waals surface area contributed by atoms with Crippen molar-refractivity contribution in [3.05, 3.63) is 48.0 Å². The average Bonchev–Trinajstić information content (AvgIpc) is 2.84. The third-order valence-corrected chi connectivity index (χ3v) is 3.05. The predicted octanol–water partition coefficient (Wildman–Crippen LogP) is 0.200. The van der Waals surface area contributed by atoms with Crippen LogP contribution in [0.25, 0.3) is 5.69 Å². The lowest BCUT2D eigenvalue weighted by Gasteiger charge is -2.10. The highest BCUT2D eigenvalue weighted by molar-refractivity contribution is 5.42. The van der Waals surface area contributed by atoms with Crippen LogP contribution in [0.4, 0.5) is 0 Å². The fourth-order valence-electron chi connectivity index (χ4n) is 2.35. The number of H-pyrrole nitrogens is 1. The maximum atomic E-state index is 3.13. The van der Waals surface area contributed by atoms with Gasteiger partial charge in [-0.25, -0.2) is 9.55 Å². The topological polar surface area (TPSA) is 19.7 Å². The number of para-hydroxylation sites is 1. The van der Waals surface area contributed by atoms with Crippen LogP contribution < -0.4 is 17.0 Å². The Kier molecular flexibility index (Phi) is 5.93. The maximum absolute atomic E-state index is 3.13. The number of aromatic nitrogens is 2. The summed E-state index contributed by atoms with van der Waals surface area (Å²) in [6.07, 6.45) is 10.7. The molecule has 0 bridgehead atoms. The Labute approximate surface area is 115 Å². The van der Waals surface area contributed by atoms with Crippen LogP contribution >= 0.6 is 0 Å². The summed E-state index contributed by atoms with van der Waals surface area (Å²) in [5.41, 5.74) is 4.27. The Morgan fingerprint density at radius 2 is 1.67 bits per heavy atom. The van der Waals surface area contributed by atoms with Crippen molar-refractivity contribution in [1.29, 1.82) is 0 Å². The minimum Gasteiger partial charge on any atom is -1.00 e. The van der Waals surface area contributed by atoms with E-state index in [9.17, 15) is 0 Å². The first kappa shape index (κ1) is 14.8. The van der Waals surface area contributed by atoms with Crippen LogP contribution in [-0.2, 0) is 12.8 Å². The summed E-state index contributed by atoms with van der Waals surface area (Å²) in [4.78, 5) is 3.13. The summed E-state index contributed by atoms with van der Waals surface area (Å²) < 4.78 is 2.20. The zero-order chi connectivity index (χ0) is 12.1. The molecule has 0 unspecified atom stereocenters. The Bertz CT molecular complexity index is 439. The highest BCUT2D eigenvalue weighted by Gasteiger charge is 2.13. The van der Waals surface area contributed by atoms with Crippen LogP contribution in [0.5, 0.6) is 0 Å². The summed E-state index contributed by atoms with van der Waals surface area (Å²) in [6, 6.07) is 6.68. The van der Waals surface area contributed by atoms with Gasteiger partial charge in [0.05, 0.1) is 0 Å². The Morgan fingerprint density at radius 1 is 1.06 bits per heavy atom. The maximum Gasteiger partial charge on any atom is 0.246 e. The van der Waals surface area contributed by atoms with Crippen molar-refractivity contribution >= 4 is 0 Å². The molecular weight excluding hydrogens is 244 g/mol. The summed E-state index contributed by atoms with van der Waals surface area (Å²) in [5, 5.41) is 0. The number of aromatic amines is 1. The molecule has 2 rings (SSSR count). The number of benzene rings is 1. The van der Waals surface area contributed by atoms with Crippen molar-refractivity contribution in [2.45, 2.75) is 39.5 Å². The minimum atomic E-state index is 0. The first-order valence-corrected chi connectivity index (χ1v) is 6.52. The quantitative estimate of drug-likeness (QED) is 0.745. The van der Waals surface area contributed by atoms with Crippen LogP contribution in [0.1, 0.15) is 37.8 Å². The molecule has 98 valence electrons. The second-order valence-electron chi connectivity index (χ2n) is 4.44. The lowest BCUT2D eigenvalue weighted by molar-refractivity contribution is -0.595. The summed E-state index contributed by atoms with van der Waals surface area (Å²) in [6.45, 7) is 4.47. The third-order valence-electron chi connectivity index (χ3n) is 3.05. The molecule has 3 heteroatoms. The SMILES string of the molecule is CCCc1cccc(CCC)c1-[n+]1cc[nH]c1.[Cl-]. The number of halogens is 1. The van der Waals surface area contributed by atoms with Crippen molar-refractivity contribution in [3.8, 4) is 5.69 Å². The molecule has 0 fully saturated rings. The largest absolute Gasteiger partial charge is 1.00 e. The second kappa shape index (κ2) is 7.22. The Balaban J connectivity index is 0.00000162. The monoisotopic (exact) mass is 264 g/mol. The summed E-state index contributed by atoms with van der Waals surface area (Å²) >= 11 is 0. The first-order valence-electron chi connectivity index (χ1n) is 6.52. The van der Waals surface area contributed by atoms with E-state index < -0.39 is 0 Å². The first-order chi connectivity index (χ1) is 8.36. The summed E-state index contributed by atoms with van der Waals surface area (Å²) in [5.74, 6) is 0. The fourth-order valence-corrected chi connectivity index (χ4v) is 2.35. The van der Waals surface area contributed by atoms with E-state index in [1.54, 1.807) is 0 Å². The van der Waals surface area contributed by atoms with E-state index in [1.165, 1.54) is 29.7 Å². The normalized spacial score (nSPS) is 10.1. The molecule has 0 spiro atoms. The Morgan fingerprint density at radius 3 is 2.11 bits per heavy atom. The van der Waals surface area contributed by atoms with Crippen LogP contribution in [0.3, 0.4) is 0 Å². The van der Waals surface area contributed by atoms with Gasteiger partial charge in [0.25, 0.3) is 0 Å². The van der Waals surface area contributed by atoms with Crippen LogP contribution in [0.2, 0.25) is 0 Å². The molecule has 1 heterocycles. The molecule has 18 heavy (non-hydrogen) atoms. The number of hydrogen-bond acceptors (Lipinski definition) is 0. The number of imidazole rings is 1. The molecule has 0 radical (unpaired) electrons. The van der Waals surface area contributed by atoms with Crippen molar-refractivity contribution in [1.82, 2.24) is 4.98 Å². The lowest BCUT2D eigenvalue weighted by atomic mass is 10.00. The number of nitrogens with zero attached hydrogens (tertiary/aromatic N) is 1. The van der Waals surface area contributed by atoms with Crippen LogP contribution in [0.15, 0.2) is 36.9 Å². The van der Waals surface area contributed by atoms with Gasteiger partial charge >= 0.3 is 0 Å². The molecule has 0 aliphatic heterocycles. The van der Waals surface area contributed by atoms with Crippen molar-refractivity contribution in [2.75, 3.05) is 0 Å². The molecule has 0 aliphatic rings. The molecule has 0 saturated heterocycles. The van der Waals surface area contributed by atoms with Gasteiger partial charge in [-0.1, -0.05) is 44.9 Å². The number of aryl methyl sites for hydroxylation is 2. The molecule has 0 aliphatic carbocycles. The van der Waals surface area contributed by atoms with Gasteiger partial charge in [0.1, 0.15) is 18.1 Å². The lowest BCUT2D eigenvalue weighted by Crippen LogP contribution is -3.00. The van der Waals surface area contributed by atoms with Gasteiger partial charge in [-0.2, -0.15) is 0 Å². The van der Waals surface area contributed by atoms with Gasteiger partial charge in [0.2, 0.25) is 6.33 Å². The van der Waals surface area contributed by atoms with Crippen molar-refractivity contribution in [2.24, 2.45) is 0 Å². The minimum absolute atomic E-state index is 0. The standard InChI is InChI=1S/C15H20N2.ClH/c1-3-6-13-8-5-9-14(7-4-2)15(13)17-11-10-16-12-17;/h5,8-12H,3-4,6-7H2,1-2H3;1H. The van der Waals surface area contributed by atoms with E-state index in [1.807, 2.05) is 12.5 Å². The average molecular weight is 265 g/mol. The van der Waals surface area contributed by atoms with Crippen LogP contribution in [0, 0.1) is 0 Å². The van der Waals surface area contributed by atoms with E-state index >= 15 is 0 Å². The van der Waals surface area contributed by atoms with E-state index in [0.717, 1.165) is 12.8 Å². The number of nitrogens with one attached hydrogen (secondary N) is 1. The number of rotatable bonds is 5. The van der Waals surface area contributed by atoms with E-state index in [2.05, 4.69) is 47.8 Å². The molecule has 0 saturated carbocycles. The molecule has 0 atom stereocenters. The van der Waals surface area contributed by atoms with Crippen LogP contribution in [-0.4, -0.2) is 4.98 Å². The smallest absolute Gasteiger partial charge is 0.246 e. The zero-order valence-electron chi connectivity index (χ0n) is 11.1. The van der Waals surface area contributed by atoms with E-state index in [0.29, 0.717) is 0 Å². The highest BCUT2D eigenvalue weighted by Crippen LogP contribution is 2.18. The predicted molar refractivity (Wildman–Crippen MR) is 70.3 cm³/mol. The van der Waals surface area contributed by atoms with E-state index in [-0.39, 0.29) is 12.4 Å². The van der Waals surface area contributed by atoms with Crippen molar-refractivity contribution in [3.63, 3.8) is 0 Å². The second-order valence-corrected chi connectivity index (χ2v) is 4.44. The van der Waals surface area contributed by atoms with Gasteiger partial charge in [-0.3, -0.25) is 0 Å². The molecule has 0 amide bonds. The molecule has 2 nitrogen and oxygen atoms in total. The van der Waals surface area contributed by atoms with Gasteiger partial charge in [0, 0.05) is 0 Å². The number of hydrogen-bond donors (Lipinski definition) is 1. The zero-order valence-corrected chi connectivity index (χ0v) is 11.9. The highest BCUT2D eigenvalue weighted by atomic mass is 35.5. The van der Waals surface area contributed by atoms with Crippen molar-refractivity contribution < 1.29 is 17.0 Å². The van der Waals surface area contributed by atoms with Gasteiger partial charge in [-0.05, 0) is 24.0 Å². The molecule has 1 N–H and O–H groups in total.